The molecule has 1 aromatic rings. The number of piperazine rings is 1. The minimum absolute atomic E-state index is 0.127. The van der Waals surface area contributed by atoms with Crippen LogP contribution in [0, 0.1) is 0 Å². The summed E-state index contributed by atoms with van der Waals surface area (Å²) in [6, 6.07) is 7.17. The Labute approximate surface area is 120 Å². The first-order chi connectivity index (χ1) is 9.52. The number of benzene rings is 1. The monoisotopic (exact) mass is 298 g/mol. The average molecular weight is 298 g/mol. The molecular weight excluding hydrogens is 276 g/mol. The van der Waals surface area contributed by atoms with Gasteiger partial charge in [-0.25, -0.2) is 8.42 Å². The van der Waals surface area contributed by atoms with Crippen LogP contribution >= 0.6 is 0 Å². The summed E-state index contributed by atoms with van der Waals surface area (Å²) < 4.78 is 23.0. The lowest BCUT2D eigenvalue weighted by atomic mass is 10.0. The van der Waals surface area contributed by atoms with E-state index in [4.69, 9.17) is 0 Å². The first-order valence-electron chi connectivity index (χ1n) is 6.88. The molecule has 0 saturated carbocycles. The number of sulfone groups is 1. The fourth-order valence-corrected chi connectivity index (χ4v) is 3.24. The van der Waals surface area contributed by atoms with Crippen molar-refractivity contribution in [2.24, 2.45) is 0 Å². The molecule has 2 rings (SSSR count). The van der Waals surface area contributed by atoms with Crippen molar-refractivity contribution in [3.63, 3.8) is 0 Å². The summed E-state index contributed by atoms with van der Waals surface area (Å²) in [5.41, 5.74) is 1.06. The maximum Gasteiger partial charge on any atom is 0.175 e. The Morgan fingerprint density at radius 3 is 2.35 bits per heavy atom. The molecule has 1 atom stereocenters. The predicted molar refractivity (Wildman–Crippen MR) is 78.4 cm³/mol. The molecule has 0 bridgehead atoms. The number of aliphatic hydroxyl groups excluding tert-OH is 1. The number of hydrogen-bond acceptors (Lipinski definition) is 5. The largest absolute Gasteiger partial charge is 0.396 e. The molecule has 1 aliphatic heterocycles. The van der Waals surface area contributed by atoms with Gasteiger partial charge >= 0.3 is 0 Å². The van der Waals surface area contributed by atoms with Gasteiger partial charge in [0.1, 0.15) is 0 Å². The molecular formula is C14H22N2O3S. The third-order valence-corrected chi connectivity index (χ3v) is 4.82. The Morgan fingerprint density at radius 1 is 1.25 bits per heavy atom. The molecule has 0 radical (unpaired) electrons. The van der Waals surface area contributed by atoms with Gasteiger partial charge < -0.3 is 10.4 Å². The fourth-order valence-electron chi connectivity index (χ4n) is 2.61. The van der Waals surface area contributed by atoms with Crippen LogP contribution in [-0.2, 0) is 9.84 Å². The minimum Gasteiger partial charge on any atom is -0.396 e. The van der Waals surface area contributed by atoms with Gasteiger partial charge in [-0.2, -0.15) is 0 Å². The van der Waals surface area contributed by atoms with Gasteiger partial charge in [0.15, 0.2) is 9.84 Å². The van der Waals surface area contributed by atoms with Crippen LogP contribution in [0.2, 0.25) is 0 Å². The molecule has 0 aliphatic carbocycles. The van der Waals surface area contributed by atoms with Gasteiger partial charge in [0.25, 0.3) is 0 Å². The van der Waals surface area contributed by atoms with Crippen LogP contribution in [0.15, 0.2) is 29.2 Å². The Balaban J connectivity index is 2.20. The quantitative estimate of drug-likeness (QED) is 0.824. The molecule has 6 heteroatoms. The van der Waals surface area contributed by atoms with E-state index < -0.39 is 9.84 Å². The van der Waals surface area contributed by atoms with E-state index in [1.54, 1.807) is 12.1 Å². The lowest BCUT2D eigenvalue weighted by molar-refractivity contribution is 0.141. The SMILES string of the molecule is CS(=O)(=O)c1ccc([C@H](CCO)N2CCNCC2)cc1. The second-order valence-corrected chi connectivity index (χ2v) is 7.17. The highest BCUT2D eigenvalue weighted by Gasteiger charge is 2.22. The van der Waals surface area contributed by atoms with Gasteiger partial charge in [-0.3, -0.25) is 4.90 Å². The van der Waals surface area contributed by atoms with E-state index in [2.05, 4.69) is 10.2 Å². The van der Waals surface area contributed by atoms with Crippen molar-refractivity contribution in [1.82, 2.24) is 10.2 Å². The third kappa shape index (κ3) is 3.79. The molecule has 20 heavy (non-hydrogen) atoms. The fraction of sp³-hybridized carbons (Fsp3) is 0.571. The summed E-state index contributed by atoms with van der Waals surface area (Å²) in [6.07, 6.45) is 1.88. The summed E-state index contributed by atoms with van der Waals surface area (Å²) in [7, 11) is -3.16. The van der Waals surface area contributed by atoms with E-state index in [0.717, 1.165) is 31.7 Å². The molecule has 1 saturated heterocycles. The highest BCUT2D eigenvalue weighted by Crippen LogP contribution is 2.25. The topological polar surface area (TPSA) is 69.6 Å². The van der Waals surface area contributed by atoms with Crippen molar-refractivity contribution in [2.75, 3.05) is 39.0 Å². The first-order valence-corrected chi connectivity index (χ1v) is 8.77. The number of nitrogens with zero attached hydrogens (tertiary/aromatic N) is 1. The summed E-state index contributed by atoms with van der Waals surface area (Å²) in [6.45, 7) is 3.91. The second kappa shape index (κ2) is 6.67. The van der Waals surface area contributed by atoms with E-state index in [-0.39, 0.29) is 12.6 Å². The zero-order valence-electron chi connectivity index (χ0n) is 11.7. The van der Waals surface area contributed by atoms with Gasteiger partial charge in [0.2, 0.25) is 0 Å². The molecule has 1 heterocycles. The van der Waals surface area contributed by atoms with Crippen LogP contribution in [0.25, 0.3) is 0 Å². The average Bonchev–Trinajstić information content (AvgIpc) is 2.45. The molecule has 0 spiro atoms. The standard InChI is InChI=1S/C14H22N2O3S/c1-20(18,19)13-4-2-12(3-5-13)14(6-11-17)16-9-7-15-8-10-16/h2-5,14-15,17H,6-11H2,1H3/t14-/m0/s1. The highest BCUT2D eigenvalue weighted by atomic mass is 32.2. The van der Waals surface area contributed by atoms with Crippen LogP contribution in [0.3, 0.4) is 0 Å². The van der Waals surface area contributed by atoms with Crippen LogP contribution < -0.4 is 5.32 Å². The molecule has 0 aromatic heterocycles. The Bertz CT molecular complexity index is 522. The Kier molecular flexibility index (Phi) is 5.15. The molecule has 112 valence electrons. The molecule has 1 aromatic carbocycles. The van der Waals surface area contributed by atoms with Crippen molar-refractivity contribution >= 4 is 9.84 Å². The second-order valence-electron chi connectivity index (χ2n) is 5.16. The molecule has 0 amide bonds. The summed E-state index contributed by atoms with van der Waals surface area (Å²) in [5, 5.41) is 12.6. The summed E-state index contributed by atoms with van der Waals surface area (Å²) in [4.78, 5) is 2.67. The van der Waals surface area contributed by atoms with E-state index in [9.17, 15) is 13.5 Å². The highest BCUT2D eigenvalue weighted by molar-refractivity contribution is 7.90. The zero-order valence-corrected chi connectivity index (χ0v) is 12.6. The van der Waals surface area contributed by atoms with Crippen molar-refractivity contribution in [3.8, 4) is 0 Å². The maximum absolute atomic E-state index is 11.5. The van der Waals surface area contributed by atoms with Crippen molar-refractivity contribution in [2.45, 2.75) is 17.4 Å². The molecule has 5 nitrogen and oxygen atoms in total. The van der Waals surface area contributed by atoms with E-state index >= 15 is 0 Å². The van der Waals surface area contributed by atoms with Gasteiger partial charge in [0, 0.05) is 45.1 Å². The zero-order chi connectivity index (χ0) is 14.6. The van der Waals surface area contributed by atoms with Gasteiger partial charge in [-0.1, -0.05) is 12.1 Å². The summed E-state index contributed by atoms with van der Waals surface area (Å²) in [5.74, 6) is 0. The van der Waals surface area contributed by atoms with Crippen molar-refractivity contribution in [3.05, 3.63) is 29.8 Å². The maximum atomic E-state index is 11.5. The lowest BCUT2D eigenvalue weighted by Gasteiger charge is -2.35. The molecule has 0 unspecified atom stereocenters. The number of nitrogens with one attached hydrogen (secondary N) is 1. The predicted octanol–water partition coefficient (Wildman–Crippen LogP) is 0.419. The van der Waals surface area contributed by atoms with Crippen LogP contribution in [0.4, 0.5) is 0 Å². The summed E-state index contributed by atoms with van der Waals surface area (Å²) >= 11 is 0. The lowest BCUT2D eigenvalue weighted by Crippen LogP contribution is -2.45. The van der Waals surface area contributed by atoms with Gasteiger partial charge in [-0.05, 0) is 24.1 Å². The smallest absolute Gasteiger partial charge is 0.175 e. The third-order valence-electron chi connectivity index (χ3n) is 3.69. The minimum atomic E-state index is -3.16. The molecule has 1 fully saturated rings. The number of hydrogen-bond donors (Lipinski definition) is 2. The number of aliphatic hydroxyl groups is 1. The first kappa shape index (κ1) is 15.4. The normalized spacial score (nSPS) is 18.9. The molecule has 1 aliphatic rings. The Morgan fingerprint density at radius 2 is 1.85 bits per heavy atom. The van der Waals surface area contributed by atoms with Gasteiger partial charge in [-0.15, -0.1) is 0 Å². The van der Waals surface area contributed by atoms with Crippen LogP contribution in [0.5, 0.6) is 0 Å². The van der Waals surface area contributed by atoms with E-state index in [1.165, 1.54) is 6.26 Å². The van der Waals surface area contributed by atoms with Crippen molar-refractivity contribution < 1.29 is 13.5 Å². The van der Waals surface area contributed by atoms with Crippen LogP contribution in [0.1, 0.15) is 18.0 Å². The van der Waals surface area contributed by atoms with Crippen LogP contribution in [-0.4, -0.2) is 57.5 Å². The van der Waals surface area contributed by atoms with E-state index in [1.807, 2.05) is 12.1 Å². The van der Waals surface area contributed by atoms with E-state index in [0.29, 0.717) is 11.3 Å². The molecule has 2 N–H and O–H groups in total. The van der Waals surface area contributed by atoms with Crippen molar-refractivity contribution in [1.29, 1.82) is 0 Å². The number of rotatable bonds is 5. The van der Waals surface area contributed by atoms with Gasteiger partial charge in [0.05, 0.1) is 4.90 Å². The Hall–Kier alpha value is -0.950.